The normalized spacial score (nSPS) is 16.2. The molecule has 13 heavy (non-hydrogen) atoms. The minimum Gasteiger partial charge on any atom is -0.316 e. The average Bonchev–Trinajstić information content (AvgIpc) is 2.19. The summed E-state index contributed by atoms with van der Waals surface area (Å²) in [6.45, 7) is 11.4. The van der Waals surface area contributed by atoms with Crippen LogP contribution in [0.2, 0.25) is 0 Å². The van der Waals surface area contributed by atoms with Gasteiger partial charge < -0.3 is 5.32 Å². The molecule has 0 saturated carbocycles. The highest BCUT2D eigenvalue weighted by Crippen LogP contribution is 2.05. The monoisotopic (exact) mass is 186 g/mol. The molecule has 1 N–H and O–H groups in total. The Morgan fingerprint density at radius 2 is 1.77 bits per heavy atom. The molecule has 0 aliphatic heterocycles. The zero-order chi connectivity index (χ0) is 10.3. The molecule has 0 fully saturated rings. The van der Waals surface area contributed by atoms with Gasteiger partial charge in [-0.15, -0.1) is 0 Å². The summed E-state index contributed by atoms with van der Waals surface area (Å²) in [7, 11) is 2.05. The van der Waals surface area contributed by atoms with Crippen LogP contribution in [-0.2, 0) is 0 Å². The molecule has 80 valence electrons. The smallest absolute Gasteiger partial charge is 0.0189 e. The summed E-state index contributed by atoms with van der Waals surface area (Å²) in [6.07, 6.45) is 2.46. The molecule has 0 radical (unpaired) electrons. The Hall–Kier alpha value is -0.0800. The fraction of sp³-hybridized carbons (Fsp3) is 1.00. The van der Waals surface area contributed by atoms with Gasteiger partial charge in [0.15, 0.2) is 0 Å². The first-order valence-corrected chi connectivity index (χ1v) is 5.60. The molecule has 0 heterocycles. The van der Waals surface area contributed by atoms with Gasteiger partial charge >= 0.3 is 0 Å². The third-order valence-electron chi connectivity index (χ3n) is 2.98. The maximum Gasteiger partial charge on any atom is 0.0189 e. The molecule has 0 aromatic carbocycles. The van der Waals surface area contributed by atoms with Crippen LogP contribution in [0.4, 0.5) is 0 Å². The highest BCUT2D eigenvalue weighted by molar-refractivity contribution is 4.72. The van der Waals surface area contributed by atoms with Crippen molar-refractivity contribution < 1.29 is 0 Å². The molecular formula is C11H26N2. The first-order chi connectivity index (χ1) is 6.19. The van der Waals surface area contributed by atoms with E-state index >= 15 is 0 Å². The van der Waals surface area contributed by atoms with Crippen molar-refractivity contribution >= 4 is 0 Å². The molecule has 0 aromatic heterocycles. The number of hydrogen-bond acceptors (Lipinski definition) is 2. The molecule has 0 saturated heterocycles. The molecule has 2 atom stereocenters. The zero-order valence-electron chi connectivity index (χ0n) is 9.93. The van der Waals surface area contributed by atoms with Crippen molar-refractivity contribution in [3.8, 4) is 0 Å². The van der Waals surface area contributed by atoms with E-state index < -0.39 is 0 Å². The van der Waals surface area contributed by atoms with Gasteiger partial charge in [0.2, 0.25) is 0 Å². The third kappa shape index (κ3) is 4.63. The SMILES string of the molecule is CCC(CN(CC)C(C)CC)NC. The molecule has 2 unspecified atom stereocenters. The summed E-state index contributed by atoms with van der Waals surface area (Å²) < 4.78 is 0. The Kier molecular flexibility index (Phi) is 7.29. The Morgan fingerprint density at radius 1 is 1.15 bits per heavy atom. The predicted octanol–water partition coefficient (Wildman–Crippen LogP) is 2.10. The Labute approximate surface area is 83.7 Å². The van der Waals surface area contributed by atoms with E-state index in [1.54, 1.807) is 0 Å². The van der Waals surface area contributed by atoms with Gasteiger partial charge in [0.1, 0.15) is 0 Å². The Balaban J connectivity index is 3.94. The number of likely N-dealkylation sites (N-methyl/N-ethyl adjacent to an activating group) is 2. The summed E-state index contributed by atoms with van der Waals surface area (Å²) >= 11 is 0. The number of hydrogen-bond donors (Lipinski definition) is 1. The zero-order valence-corrected chi connectivity index (χ0v) is 9.93. The molecule has 0 bridgehead atoms. The van der Waals surface area contributed by atoms with Crippen LogP contribution in [0, 0.1) is 0 Å². The van der Waals surface area contributed by atoms with E-state index in [0.717, 1.165) is 6.54 Å². The highest BCUT2D eigenvalue weighted by atomic mass is 15.2. The summed E-state index contributed by atoms with van der Waals surface area (Å²) in [4.78, 5) is 2.55. The van der Waals surface area contributed by atoms with E-state index in [2.05, 4.69) is 45.0 Å². The van der Waals surface area contributed by atoms with E-state index in [0.29, 0.717) is 12.1 Å². The van der Waals surface area contributed by atoms with Crippen LogP contribution >= 0.6 is 0 Å². The van der Waals surface area contributed by atoms with Crippen LogP contribution < -0.4 is 5.32 Å². The maximum absolute atomic E-state index is 3.35. The van der Waals surface area contributed by atoms with E-state index in [1.807, 2.05) is 0 Å². The number of nitrogens with one attached hydrogen (secondary N) is 1. The number of rotatable bonds is 7. The van der Waals surface area contributed by atoms with Crippen molar-refractivity contribution in [1.29, 1.82) is 0 Å². The molecule has 0 amide bonds. The Bertz CT molecular complexity index is 111. The van der Waals surface area contributed by atoms with Crippen molar-refractivity contribution in [3.05, 3.63) is 0 Å². The van der Waals surface area contributed by atoms with Gasteiger partial charge in [-0.2, -0.15) is 0 Å². The highest BCUT2D eigenvalue weighted by Gasteiger charge is 2.13. The predicted molar refractivity (Wildman–Crippen MR) is 60.1 cm³/mol. The molecule has 2 nitrogen and oxygen atoms in total. The molecule has 0 aromatic rings. The van der Waals surface area contributed by atoms with Gasteiger partial charge in [-0.1, -0.05) is 20.8 Å². The minimum absolute atomic E-state index is 0.647. The molecule has 0 rings (SSSR count). The molecule has 0 aliphatic carbocycles. The topological polar surface area (TPSA) is 15.3 Å². The van der Waals surface area contributed by atoms with Gasteiger partial charge in [-0.25, -0.2) is 0 Å². The van der Waals surface area contributed by atoms with Crippen LogP contribution in [0.5, 0.6) is 0 Å². The first kappa shape index (κ1) is 12.9. The standard InChI is InChI=1S/C11H26N2/c1-6-10(4)13(8-3)9-11(7-2)12-5/h10-12H,6-9H2,1-5H3. The summed E-state index contributed by atoms with van der Waals surface area (Å²) in [5.74, 6) is 0. The van der Waals surface area contributed by atoms with Crippen LogP contribution in [0.25, 0.3) is 0 Å². The second kappa shape index (κ2) is 7.34. The maximum atomic E-state index is 3.35. The van der Waals surface area contributed by atoms with Gasteiger partial charge in [0.05, 0.1) is 0 Å². The average molecular weight is 186 g/mol. The molecular weight excluding hydrogens is 160 g/mol. The lowest BCUT2D eigenvalue weighted by atomic mass is 10.1. The molecule has 2 heteroatoms. The van der Waals surface area contributed by atoms with Gasteiger partial charge in [0.25, 0.3) is 0 Å². The van der Waals surface area contributed by atoms with Crippen LogP contribution in [0.1, 0.15) is 40.5 Å². The molecule has 0 spiro atoms. The minimum atomic E-state index is 0.647. The van der Waals surface area contributed by atoms with E-state index in [4.69, 9.17) is 0 Å². The summed E-state index contributed by atoms with van der Waals surface area (Å²) in [5, 5.41) is 3.35. The summed E-state index contributed by atoms with van der Waals surface area (Å²) in [6, 6.07) is 1.36. The van der Waals surface area contributed by atoms with Crippen molar-refractivity contribution in [2.45, 2.75) is 52.6 Å². The van der Waals surface area contributed by atoms with Crippen LogP contribution in [0.3, 0.4) is 0 Å². The van der Waals surface area contributed by atoms with Crippen LogP contribution in [-0.4, -0.2) is 37.1 Å². The molecule has 0 aliphatic rings. The lowest BCUT2D eigenvalue weighted by Crippen LogP contribution is -2.43. The lowest BCUT2D eigenvalue weighted by Gasteiger charge is -2.30. The largest absolute Gasteiger partial charge is 0.316 e. The van der Waals surface area contributed by atoms with E-state index in [-0.39, 0.29) is 0 Å². The van der Waals surface area contributed by atoms with Crippen molar-refractivity contribution in [2.24, 2.45) is 0 Å². The Morgan fingerprint density at radius 3 is 2.08 bits per heavy atom. The summed E-state index contributed by atoms with van der Waals surface area (Å²) in [5.41, 5.74) is 0. The third-order valence-corrected chi connectivity index (χ3v) is 2.98. The fourth-order valence-electron chi connectivity index (χ4n) is 1.59. The van der Waals surface area contributed by atoms with Gasteiger partial charge in [0, 0.05) is 18.6 Å². The second-order valence-corrected chi connectivity index (χ2v) is 3.74. The lowest BCUT2D eigenvalue weighted by molar-refractivity contribution is 0.192. The van der Waals surface area contributed by atoms with Crippen molar-refractivity contribution in [1.82, 2.24) is 10.2 Å². The fourth-order valence-corrected chi connectivity index (χ4v) is 1.59. The van der Waals surface area contributed by atoms with Gasteiger partial charge in [-0.3, -0.25) is 4.90 Å². The van der Waals surface area contributed by atoms with Crippen molar-refractivity contribution in [3.63, 3.8) is 0 Å². The first-order valence-electron chi connectivity index (χ1n) is 5.60. The van der Waals surface area contributed by atoms with E-state index in [9.17, 15) is 0 Å². The van der Waals surface area contributed by atoms with Gasteiger partial charge in [-0.05, 0) is 33.4 Å². The second-order valence-electron chi connectivity index (χ2n) is 3.74. The van der Waals surface area contributed by atoms with Crippen molar-refractivity contribution in [2.75, 3.05) is 20.1 Å². The number of nitrogens with zero attached hydrogens (tertiary/aromatic N) is 1. The quantitative estimate of drug-likeness (QED) is 0.655. The van der Waals surface area contributed by atoms with E-state index in [1.165, 1.54) is 19.4 Å². The van der Waals surface area contributed by atoms with Crippen LogP contribution in [0.15, 0.2) is 0 Å².